The molecular formula is C31H28N8O7S2. The summed E-state index contributed by atoms with van der Waals surface area (Å²) in [6.45, 7) is 3.63. The molecule has 0 radical (unpaired) electrons. The molecule has 6 rings (SSSR count). The number of imidazole rings is 1. The number of benzene rings is 1. The number of nitro groups is 1. The molecule has 246 valence electrons. The number of fused-ring (bicyclic) bond motifs is 2. The summed E-state index contributed by atoms with van der Waals surface area (Å²) in [4.78, 5) is 65.7. The highest BCUT2D eigenvalue weighted by molar-refractivity contribution is 7.99. The molecule has 17 heteroatoms. The highest BCUT2D eigenvalue weighted by Gasteiger charge is 2.60. The average molecular weight is 689 g/mol. The minimum atomic E-state index is -0.932. The molecule has 0 bridgehead atoms. The van der Waals surface area contributed by atoms with Crippen molar-refractivity contribution in [1.82, 2.24) is 19.3 Å². The number of hydrogen-bond donors (Lipinski definition) is 1. The number of esters is 1. The van der Waals surface area contributed by atoms with E-state index in [4.69, 9.17) is 10.3 Å². The molecule has 4 atom stereocenters. The van der Waals surface area contributed by atoms with Gasteiger partial charge in [-0.1, -0.05) is 12.0 Å². The maximum atomic E-state index is 13.7. The van der Waals surface area contributed by atoms with Crippen molar-refractivity contribution in [1.29, 1.82) is 0 Å². The maximum Gasteiger partial charge on any atom is 0.355 e. The van der Waals surface area contributed by atoms with E-state index >= 15 is 0 Å². The predicted octanol–water partition coefficient (Wildman–Crippen LogP) is 5.03. The van der Waals surface area contributed by atoms with E-state index in [1.54, 1.807) is 29.8 Å². The molecule has 15 nitrogen and oxygen atoms in total. The van der Waals surface area contributed by atoms with Gasteiger partial charge in [0.25, 0.3) is 5.69 Å². The Kier molecular flexibility index (Phi) is 9.28. The van der Waals surface area contributed by atoms with Crippen molar-refractivity contribution in [3.63, 3.8) is 0 Å². The van der Waals surface area contributed by atoms with Crippen molar-refractivity contribution in [3.05, 3.63) is 103 Å². The number of amides is 1. The molecule has 1 fully saturated rings. The maximum absolute atomic E-state index is 13.7. The number of nitrogens with zero attached hydrogens (tertiary/aromatic N) is 8. The van der Waals surface area contributed by atoms with Gasteiger partial charge in [0.05, 0.1) is 27.9 Å². The van der Waals surface area contributed by atoms with Crippen molar-refractivity contribution < 1.29 is 29.2 Å². The van der Waals surface area contributed by atoms with Crippen LogP contribution in [-0.4, -0.2) is 71.4 Å². The van der Waals surface area contributed by atoms with Crippen LogP contribution in [0, 0.1) is 22.0 Å². The molecule has 1 saturated heterocycles. The van der Waals surface area contributed by atoms with Gasteiger partial charge in [0.2, 0.25) is 11.7 Å². The third-order valence-electron chi connectivity index (χ3n) is 8.28. The summed E-state index contributed by atoms with van der Waals surface area (Å²) in [7, 11) is 0. The van der Waals surface area contributed by atoms with E-state index in [1.165, 1.54) is 64.8 Å². The molecule has 1 aromatic carbocycles. The van der Waals surface area contributed by atoms with Crippen LogP contribution in [0.2, 0.25) is 0 Å². The number of nitro benzene ring substituents is 1. The first-order valence-electron chi connectivity index (χ1n) is 14.9. The van der Waals surface area contributed by atoms with Crippen molar-refractivity contribution in [2.75, 3.05) is 12.3 Å². The van der Waals surface area contributed by atoms with E-state index in [-0.39, 0.29) is 41.3 Å². The van der Waals surface area contributed by atoms with Crippen molar-refractivity contribution in [3.8, 4) is 0 Å². The molecule has 0 spiro atoms. The van der Waals surface area contributed by atoms with E-state index in [0.29, 0.717) is 45.1 Å². The Hall–Kier alpha value is -5.09. The predicted molar refractivity (Wildman–Crippen MR) is 175 cm³/mol. The number of thiazole rings is 1. The molecule has 1 N–H and O–H groups in total. The third-order valence-corrected chi connectivity index (χ3v) is 10.5. The van der Waals surface area contributed by atoms with Crippen molar-refractivity contribution in [2.45, 2.75) is 43.9 Å². The number of rotatable bonds is 13. The highest BCUT2D eigenvalue weighted by atomic mass is 32.2. The number of aliphatic hydroxyl groups excluding tert-OH is 1. The second-order valence-electron chi connectivity index (χ2n) is 11.3. The van der Waals surface area contributed by atoms with Gasteiger partial charge in [-0.2, -0.15) is 0 Å². The lowest BCUT2D eigenvalue weighted by molar-refractivity contribution is -0.384. The van der Waals surface area contributed by atoms with Gasteiger partial charge in [0, 0.05) is 64.1 Å². The van der Waals surface area contributed by atoms with E-state index in [9.17, 15) is 29.6 Å². The van der Waals surface area contributed by atoms with Gasteiger partial charge in [-0.05, 0) is 48.4 Å². The van der Waals surface area contributed by atoms with Crippen LogP contribution in [0.3, 0.4) is 0 Å². The summed E-state index contributed by atoms with van der Waals surface area (Å²) in [5.74, 6) is -1.83. The molecule has 2 aliphatic heterocycles. The zero-order valence-corrected chi connectivity index (χ0v) is 27.3. The van der Waals surface area contributed by atoms with Gasteiger partial charge >= 0.3 is 5.97 Å². The first kappa shape index (κ1) is 32.8. The van der Waals surface area contributed by atoms with Crippen LogP contribution in [-0.2, 0) is 20.9 Å². The Morgan fingerprint density at radius 1 is 1.29 bits per heavy atom. The van der Waals surface area contributed by atoms with Gasteiger partial charge < -0.3 is 14.7 Å². The Bertz CT molecular complexity index is 2020. The third kappa shape index (κ3) is 6.04. The second kappa shape index (κ2) is 13.6. The van der Waals surface area contributed by atoms with E-state index in [1.807, 2.05) is 6.92 Å². The van der Waals surface area contributed by atoms with E-state index in [0.717, 1.165) is 4.90 Å². The Balaban J connectivity index is 1.29. The zero-order chi connectivity index (χ0) is 34.1. The van der Waals surface area contributed by atoms with Gasteiger partial charge in [0.15, 0.2) is 0 Å². The highest BCUT2D eigenvalue weighted by Crippen LogP contribution is 2.52. The summed E-state index contributed by atoms with van der Waals surface area (Å²) in [6.07, 6.45) is 6.13. The zero-order valence-electron chi connectivity index (χ0n) is 25.6. The summed E-state index contributed by atoms with van der Waals surface area (Å²) >= 11 is 2.74. The fourth-order valence-corrected chi connectivity index (χ4v) is 8.09. The van der Waals surface area contributed by atoms with Crippen molar-refractivity contribution in [2.24, 2.45) is 17.0 Å². The first-order valence-corrected chi connectivity index (χ1v) is 16.7. The fourth-order valence-electron chi connectivity index (χ4n) is 6.02. The van der Waals surface area contributed by atoms with Crippen molar-refractivity contribution >= 4 is 56.8 Å². The number of carbonyl (C=O) groups is 3. The molecule has 48 heavy (non-hydrogen) atoms. The van der Waals surface area contributed by atoms with Gasteiger partial charge in [-0.15, -0.1) is 23.1 Å². The van der Waals surface area contributed by atoms with Crippen LogP contribution in [0.25, 0.3) is 20.8 Å². The molecule has 1 amide bonds. The largest absolute Gasteiger partial charge is 0.456 e. The number of pyridine rings is 1. The number of ketones is 1. The minimum absolute atomic E-state index is 0.0658. The molecule has 5 heterocycles. The number of β-lactam (4-membered cyclic amide) rings is 1. The summed E-state index contributed by atoms with van der Waals surface area (Å²) in [5, 5.41) is 24.9. The molecule has 0 saturated carbocycles. The Morgan fingerprint density at radius 2 is 2.06 bits per heavy atom. The molecule has 2 aliphatic rings. The normalized spacial score (nSPS) is 19.1. The minimum Gasteiger partial charge on any atom is -0.456 e. The monoisotopic (exact) mass is 688 g/mol. The number of aliphatic hydroxyl groups is 1. The van der Waals surface area contributed by atoms with Gasteiger partial charge in [-0.25, -0.2) is 9.78 Å². The standard InChI is InChI=1S/C31H28N8O7S2/c1-16-23(27(38-26(16)24(17(2)40)29(38)42)31(43)46-14-18-4-6-20(7-5-18)39(44)45)22-13-37-15-34-25(30(37)48-22)28(41)19-10-21(12-33-11-19)47-9-3-8-35-36-32/h4-7,10-13,15-17,24,26,40H,3,8-9,14H2,1-2H3/t16-,17+,24+,26+/m0/s1. The SMILES string of the molecule is C[C@@H](O)[C@H]1C(=O)N2C(C(=O)OCc3ccc([N+](=O)[O-])cc3)=C(c3cn4cnc(C(=O)c5cncc(SCCCN=[N+]=[N-])c5)c4s3)[C@H](C)[C@H]12. The van der Waals surface area contributed by atoms with Crippen LogP contribution in [0.1, 0.15) is 46.8 Å². The molecule has 0 aliphatic carbocycles. The van der Waals surface area contributed by atoms with Crippen LogP contribution in [0.15, 0.2) is 71.0 Å². The molecule has 4 aromatic rings. The van der Waals surface area contributed by atoms with E-state index in [2.05, 4.69) is 20.0 Å². The van der Waals surface area contributed by atoms with Gasteiger partial charge in [-0.3, -0.25) is 29.1 Å². The fraction of sp³-hybridized carbons (Fsp3) is 0.323. The number of hydrogen-bond acceptors (Lipinski definition) is 12. The lowest BCUT2D eigenvalue weighted by atomic mass is 9.77. The van der Waals surface area contributed by atoms with Gasteiger partial charge in [0.1, 0.15) is 29.2 Å². The Labute approximate surface area is 281 Å². The lowest BCUT2D eigenvalue weighted by Crippen LogP contribution is -2.63. The summed E-state index contributed by atoms with van der Waals surface area (Å²) < 4.78 is 7.31. The first-order chi connectivity index (χ1) is 23.1. The smallest absolute Gasteiger partial charge is 0.355 e. The summed E-state index contributed by atoms with van der Waals surface area (Å²) in [5.41, 5.74) is 10.0. The molecule has 3 aromatic heterocycles. The number of ether oxygens (including phenoxy) is 1. The van der Waals surface area contributed by atoms with Crippen LogP contribution >= 0.6 is 23.1 Å². The topological polar surface area (TPSA) is 206 Å². The number of carbonyl (C=O) groups excluding carboxylic acids is 3. The Morgan fingerprint density at radius 3 is 2.77 bits per heavy atom. The molecule has 0 unspecified atom stereocenters. The number of aromatic nitrogens is 3. The van der Waals surface area contributed by atoms with Crippen LogP contribution in [0.5, 0.6) is 0 Å². The number of azide groups is 1. The average Bonchev–Trinajstić information content (AvgIpc) is 3.73. The van der Waals surface area contributed by atoms with Crippen LogP contribution < -0.4 is 0 Å². The summed E-state index contributed by atoms with van der Waals surface area (Å²) in [6, 6.07) is 6.88. The molecular weight excluding hydrogens is 661 g/mol. The quantitative estimate of drug-likeness (QED) is 0.0189. The number of thioether (sulfide) groups is 1. The van der Waals surface area contributed by atoms with E-state index < -0.39 is 29.0 Å². The second-order valence-corrected chi connectivity index (χ2v) is 13.5. The number of non-ortho nitro benzene ring substituents is 1. The lowest BCUT2D eigenvalue weighted by Gasteiger charge is -2.46. The van der Waals surface area contributed by atoms with Crippen LogP contribution in [0.4, 0.5) is 5.69 Å².